The maximum Gasteiger partial charge on any atom is 0.389 e. The molecule has 0 fully saturated rings. The van der Waals surface area contributed by atoms with Crippen molar-refractivity contribution in [2.45, 2.75) is 12.4 Å². The Morgan fingerprint density at radius 2 is 2.16 bits per heavy atom. The molecule has 2 heterocycles. The molecule has 1 aromatic heterocycles. The Labute approximate surface area is 143 Å². The number of hydrogen-bond donors (Lipinski definition) is 2. The first-order valence-electron chi connectivity index (χ1n) is 7.14. The van der Waals surface area contributed by atoms with E-state index in [1.165, 1.54) is 30.7 Å². The van der Waals surface area contributed by atoms with E-state index in [-0.39, 0.29) is 18.2 Å². The van der Waals surface area contributed by atoms with Crippen LogP contribution in [0.15, 0.2) is 41.2 Å². The molecule has 1 aliphatic rings. The first-order valence-corrected chi connectivity index (χ1v) is 8.72. The summed E-state index contributed by atoms with van der Waals surface area (Å²) < 4.78 is 39.1. The number of rotatable bonds is 5. The van der Waals surface area contributed by atoms with Gasteiger partial charge in [-0.05, 0) is 41.5 Å². The minimum Gasteiger partial charge on any atom is -0.496 e. The van der Waals surface area contributed by atoms with E-state index in [2.05, 4.69) is 4.18 Å². The fourth-order valence-electron chi connectivity index (χ4n) is 2.39. The lowest BCUT2D eigenvalue weighted by atomic mass is 9.97. The van der Waals surface area contributed by atoms with Crippen LogP contribution in [-0.2, 0) is 31.4 Å². The summed E-state index contributed by atoms with van der Waals surface area (Å²) in [6.07, 6.45) is 4.36. The van der Waals surface area contributed by atoms with Crippen molar-refractivity contribution >= 4 is 28.0 Å². The summed E-state index contributed by atoms with van der Waals surface area (Å²) >= 11 is 0. The Kier molecular flexibility index (Phi) is 4.32. The molecule has 0 saturated heterocycles. The molecule has 0 bridgehead atoms. The molecular weight excluding hydrogens is 348 g/mol. The van der Waals surface area contributed by atoms with Gasteiger partial charge in [-0.25, -0.2) is 4.79 Å². The van der Waals surface area contributed by atoms with Crippen molar-refractivity contribution in [3.63, 3.8) is 0 Å². The smallest absolute Gasteiger partial charge is 0.389 e. The highest BCUT2D eigenvalue weighted by molar-refractivity contribution is 7.86. The average molecular weight is 362 g/mol. The lowest BCUT2D eigenvalue weighted by molar-refractivity contribution is 0.0713. The zero-order valence-electron chi connectivity index (χ0n) is 12.9. The Hall–Kier alpha value is -3.07. The maximum absolute atomic E-state index is 12.2. The van der Waals surface area contributed by atoms with Crippen LogP contribution >= 0.6 is 0 Å². The molecule has 2 aromatic rings. The summed E-state index contributed by atoms with van der Waals surface area (Å²) in [5, 5.41) is 7.56. The van der Waals surface area contributed by atoms with E-state index in [9.17, 15) is 13.2 Å². The second-order valence-electron chi connectivity index (χ2n) is 5.28. The molecule has 3 rings (SSSR count). The van der Waals surface area contributed by atoms with E-state index in [0.29, 0.717) is 22.3 Å². The largest absolute Gasteiger partial charge is 0.496 e. The molecule has 0 amide bonds. The highest BCUT2D eigenvalue weighted by atomic mass is 32.2. The van der Waals surface area contributed by atoms with Crippen LogP contribution in [0.3, 0.4) is 0 Å². The third-order valence-corrected chi connectivity index (χ3v) is 4.59. The van der Waals surface area contributed by atoms with E-state index in [0.717, 1.165) is 0 Å². The lowest BCUT2D eigenvalue weighted by Crippen LogP contribution is -2.18. The fourth-order valence-corrected chi connectivity index (χ4v) is 3.40. The molecule has 1 aliphatic heterocycles. The predicted molar refractivity (Wildman–Crippen MR) is 88.0 cm³/mol. The molecule has 130 valence electrons. The van der Waals surface area contributed by atoms with Crippen LogP contribution in [0.4, 0.5) is 0 Å². The first kappa shape index (κ1) is 16.8. The van der Waals surface area contributed by atoms with Crippen molar-refractivity contribution in [3.8, 4) is 0 Å². The highest BCUT2D eigenvalue weighted by Crippen LogP contribution is 2.26. The van der Waals surface area contributed by atoms with Gasteiger partial charge in [-0.15, -0.1) is 0 Å². The van der Waals surface area contributed by atoms with E-state index >= 15 is 0 Å². The summed E-state index contributed by atoms with van der Waals surface area (Å²) in [4.78, 5) is 11.8. The molecule has 0 radical (unpaired) electrons. The van der Waals surface area contributed by atoms with E-state index in [1.54, 1.807) is 12.1 Å². The highest BCUT2D eigenvalue weighted by Gasteiger charge is 2.24. The van der Waals surface area contributed by atoms with Crippen molar-refractivity contribution in [2.24, 2.45) is 5.73 Å². The maximum atomic E-state index is 12.2. The van der Waals surface area contributed by atoms with Gasteiger partial charge in [-0.2, -0.15) is 8.42 Å². The molecule has 8 nitrogen and oxygen atoms in total. The van der Waals surface area contributed by atoms with E-state index in [4.69, 9.17) is 20.3 Å². The van der Waals surface area contributed by atoms with Crippen molar-refractivity contribution in [2.75, 3.05) is 0 Å². The number of hydrogen-bond acceptors (Lipinski definition) is 7. The molecule has 0 unspecified atom stereocenters. The van der Waals surface area contributed by atoms with E-state index in [1.807, 2.05) is 0 Å². The van der Waals surface area contributed by atoms with Crippen LogP contribution in [-0.4, -0.2) is 20.2 Å². The average Bonchev–Trinajstić information content (AvgIpc) is 3.08. The van der Waals surface area contributed by atoms with Gasteiger partial charge in [-0.1, -0.05) is 0 Å². The van der Waals surface area contributed by atoms with Crippen LogP contribution in [0.5, 0.6) is 0 Å². The zero-order valence-corrected chi connectivity index (χ0v) is 13.7. The number of benzene rings is 1. The SMILES string of the molecule is N=C(N)c1cc2c(c(CS(=O)(=O)OC(=O)c3ccco3)c1)COC=C2. The van der Waals surface area contributed by atoms with Gasteiger partial charge in [0, 0.05) is 11.1 Å². The number of fused-ring (bicyclic) bond motifs is 1. The summed E-state index contributed by atoms with van der Waals surface area (Å²) in [6.45, 7) is 0.168. The van der Waals surface area contributed by atoms with Gasteiger partial charge in [0.2, 0.25) is 5.76 Å². The van der Waals surface area contributed by atoms with Crippen molar-refractivity contribution < 1.29 is 26.5 Å². The molecule has 0 saturated carbocycles. The fraction of sp³-hybridized carbons (Fsp3) is 0.125. The molecule has 0 aliphatic carbocycles. The minimum atomic E-state index is -4.24. The van der Waals surface area contributed by atoms with Crippen LogP contribution in [0.25, 0.3) is 6.08 Å². The Morgan fingerprint density at radius 1 is 1.36 bits per heavy atom. The second-order valence-corrected chi connectivity index (χ2v) is 6.85. The Balaban J connectivity index is 1.91. The number of furan rings is 1. The number of nitrogens with one attached hydrogen (secondary N) is 1. The van der Waals surface area contributed by atoms with Crippen LogP contribution < -0.4 is 5.73 Å². The number of amidine groups is 1. The van der Waals surface area contributed by atoms with Gasteiger partial charge in [0.1, 0.15) is 18.2 Å². The number of nitrogens with two attached hydrogens (primary N) is 1. The summed E-state index contributed by atoms with van der Waals surface area (Å²) in [7, 11) is -4.24. The quantitative estimate of drug-likeness (QED) is 0.470. The van der Waals surface area contributed by atoms with Gasteiger partial charge in [0.15, 0.2) is 0 Å². The summed E-state index contributed by atoms with van der Waals surface area (Å²) in [5.41, 5.74) is 7.55. The number of nitrogen functional groups attached to an aromatic ring is 1. The van der Waals surface area contributed by atoms with Gasteiger partial charge in [-0.3, -0.25) is 5.41 Å². The minimum absolute atomic E-state index is 0.168. The molecule has 3 N–H and O–H groups in total. The van der Waals surface area contributed by atoms with Crippen molar-refractivity contribution in [1.82, 2.24) is 0 Å². The molecule has 9 heteroatoms. The van der Waals surface area contributed by atoms with Crippen LogP contribution in [0, 0.1) is 5.41 Å². The molecule has 0 atom stereocenters. The normalized spacial score (nSPS) is 13.0. The second kappa shape index (κ2) is 6.44. The van der Waals surface area contributed by atoms with Crippen molar-refractivity contribution in [3.05, 3.63) is 64.8 Å². The standard InChI is InChI=1S/C16H14N2O6S/c17-15(18)11-6-10-3-5-22-8-13(10)12(7-11)9-25(20,21)24-16(19)14-2-1-4-23-14/h1-7H,8-9H2,(H3,17,18). The number of carbonyl (C=O) groups excluding carboxylic acids is 1. The predicted octanol–water partition coefficient (Wildman–Crippen LogP) is 1.75. The first-order chi connectivity index (χ1) is 11.9. The molecule has 0 spiro atoms. The Bertz CT molecular complexity index is 961. The van der Waals surface area contributed by atoms with Gasteiger partial charge in [0.05, 0.1) is 12.5 Å². The summed E-state index contributed by atoms with van der Waals surface area (Å²) in [5.74, 6) is -2.08. The van der Waals surface area contributed by atoms with Crippen LogP contribution in [0.2, 0.25) is 0 Å². The third-order valence-electron chi connectivity index (χ3n) is 3.52. The number of ether oxygens (including phenoxy) is 1. The topological polar surface area (TPSA) is 133 Å². The van der Waals surface area contributed by atoms with Gasteiger partial charge in [0.25, 0.3) is 0 Å². The monoisotopic (exact) mass is 362 g/mol. The molecule has 1 aromatic carbocycles. The lowest BCUT2D eigenvalue weighted by Gasteiger charge is -2.17. The third kappa shape index (κ3) is 3.72. The van der Waals surface area contributed by atoms with E-state index < -0.39 is 21.8 Å². The summed E-state index contributed by atoms with van der Waals surface area (Å²) in [6, 6.07) is 5.89. The van der Waals surface area contributed by atoms with Crippen LogP contribution in [0.1, 0.15) is 32.8 Å². The Morgan fingerprint density at radius 3 is 2.84 bits per heavy atom. The van der Waals surface area contributed by atoms with Gasteiger partial charge < -0.3 is 19.1 Å². The van der Waals surface area contributed by atoms with Crippen molar-refractivity contribution in [1.29, 1.82) is 5.41 Å². The van der Waals surface area contributed by atoms with Gasteiger partial charge >= 0.3 is 16.1 Å². The molecular formula is C16H14N2O6S. The zero-order chi connectivity index (χ0) is 18.0. The molecule has 25 heavy (non-hydrogen) atoms. The number of carbonyl (C=O) groups is 1.